The Morgan fingerprint density at radius 1 is 1.26 bits per heavy atom. The number of carbonyl (C=O) groups is 1. The zero-order chi connectivity index (χ0) is 15.1. The van der Waals surface area contributed by atoms with Crippen LogP contribution in [0.5, 0.6) is 0 Å². The number of nitrogens with one attached hydrogen (secondary N) is 2. The number of imidazole rings is 1. The number of hydrogen-bond donors (Lipinski definition) is 4. The first-order valence-electron chi connectivity index (χ1n) is 7.01. The van der Waals surface area contributed by atoms with Gasteiger partial charge in [0, 0.05) is 12.2 Å². The van der Waals surface area contributed by atoms with E-state index in [1.54, 1.807) is 6.20 Å². The second-order valence-corrected chi connectivity index (χ2v) is 4.98. The van der Waals surface area contributed by atoms with Gasteiger partial charge in [0.25, 0.3) is 0 Å². The zero-order valence-electron chi connectivity index (χ0n) is 12.7. The van der Waals surface area contributed by atoms with E-state index in [2.05, 4.69) is 15.3 Å². The van der Waals surface area contributed by atoms with E-state index in [0.29, 0.717) is 18.9 Å². The van der Waals surface area contributed by atoms with Crippen LogP contribution in [0.15, 0.2) is 36.5 Å². The Kier molecular flexibility index (Phi) is 10.0. The highest BCUT2D eigenvalue weighted by atomic mass is 35.5. The van der Waals surface area contributed by atoms with E-state index >= 15 is 0 Å². The molecule has 0 spiro atoms. The van der Waals surface area contributed by atoms with Crippen molar-refractivity contribution >= 4 is 36.7 Å². The number of nitrogens with two attached hydrogens (primary N) is 2. The molecule has 2 aromatic rings. The Morgan fingerprint density at radius 3 is 2.57 bits per heavy atom. The van der Waals surface area contributed by atoms with Crippen molar-refractivity contribution in [2.24, 2.45) is 5.73 Å². The quantitative estimate of drug-likeness (QED) is 0.560. The minimum atomic E-state index is -0.518. The largest absolute Gasteiger partial charge is 0.369 e. The molecule has 1 heterocycles. The Hall–Kier alpha value is -1.76. The normalized spacial score (nSPS) is 11.0. The highest BCUT2D eigenvalue weighted by Gasteiger charge is 2.13. The minimum Gasteiger partial charge on any atom is -0.369 e. The van der Waals surface area contributed by atoms with Gasteiger partial charge in [-0.1, -0.05) is 30.3 Å². The summed E-state index contributed by atoms with van der Waals surface area (Å²) in [6.07, 6.45) is 3.85. The van der Waals surface area contributed by atoms with Gasteiger partial charge in [-0.3, -0.25) is 4.79 Å². The molecular formula is C15H23Cl2N5O. The summed E-state index contributed by atoms with van der Waals surface area (Å²) in [6, 6.07) is 9.24. The number of aromatic amines is 1. The van der Waals surface area contributed by atoms with Gasteiger partial charge in [-0.25, -0.2) is 4.98 Å². The van der Waals surface area contributed by atoms with Crippen LogP contribution in [0.1, 0.15) is 17.7 Å². The molecule has 0 unspecified atom stereocenters. The molecule has 0 aliphatic rings. The fourth-order valence-electron chi connectivity index (χ4n) is 2.09. The van der Waals surface area contributed by atoms with Gasteiger partial charge in [-0.05, 0) is 24.8 Å². The highest BCUT2D eigenvalue weighted by molar-refractivity contribution is 5.85. The average Bonchev–Trinajstić information content (AvgIpc) is 2.90. The maximum atomic E-state index is 11.9. The van der Waals surface area contributed by atoms with Gasteiger partial charge in [-0.2, -0.15) is 0 Å². The van der Waals surface area contributed by atoms with Crippen molar-refractivity contribution in [2.45, 2.75) is 25.3 Å². The number of halogens is 2. The number of aromatic nitrogens is 2. The van der Waals surface area contributed by atoms with Crippen LogP contribution in [0.3, 0.4) is 0 Å². The molecule has 0 aliphatic carbocycles. The standard InChI is InChI=1S/C15H21N5O.2ClH/c16-13(9-11-5-2-1-3-6-11)14(21)18-8-4-7-12-10-19-15(17)20-12;;/h1-3,5-6,10,13H,4,7-9,16H2,(H,18,21)(H3,17,19,20);2*1H/t13-;;/m0../s1. The molecule has 0 fully saturated rings. The smallest absolute Gasteiger partial charge is 0.237 e. The lowest BCUT2D eigenvalue weighted by atomic mass is 10.1. The van der Waals surface area contributed by atoms with Crippen LogP contribution in [0.2, 0.25) is 0 Å². The number of amides is 1. The molecule has 1 aromatic heterocycles. The van der Waals surface area contributed by atoms with E-state index in [9.17, 15) is 4.79 Å². The number of anilines is 1. The van der Waals surface area contributed by atoms with Crippen LogP contribution in [-0.4, -0.2) is 28.5 Å². The summed E-state index contributed by atoms with van der Waals surface area (Å²) in [4.78, 5) is 18.8. The lowest BCUT2D eigenvalue weighted by molar-refractivity contribution is -0.122. The lowest BCUT2D eigenvalue weighted by Crippen LogP contribution is -2.42. The third-order valence-electron chi connectivity index (χ3n) is 3.21. The SMILES string of the molecule is Cl.Cl.Nc1ncc(CCCNC(=O)[C@@H](N)Cc2ccccc2)[nH]1. The monoisotopic (exact) mass is 359 g/mol. The predicted octanol–water partition coefficient (Wildman–Crippen LogP) is 1.45. The van der Waals surface area contributed by atoms with Crippen molar-refractivity contribution in [3.8, 4) is 0 Å². The first-order chi connectivity index (χ1) is 10.1. The summed E-state index contributed by atoms with van der Waals surface area (Å²) < 4.78 is 0. The minimum absolute atomic E-state index is 0. The molecular weight excluding hydrogens is 337 g/mol. The van der Waals surface area contributed by atoms with Crippen LogP contribution in [-0.2, 0) is 17.6 Å². The number of carbonyl (C=O) groups excluding carboxylic acids is 1. The zero-order valence-corrected chi connectivity index (χ0v) is 14.3. The predicted molar refractivity (Wildman–Crippen MR) is 96.9 cm³/mol. The molecule has 23 heavy (non-hydrogen) atoms. The van der Waals surface area contributed by atoms with Gasteiger partial charge >= 0.3 is 0 Å². The van der Waals surface area contributed by atoms with Crippen molar-refractivity contribution in [3.63, 3.8) is 0 Å². The lowest BCUT2D eigenvalue weighted by Gasteiger charge is -2.12. The number of H-pyrrole nitrogens is 1. The number of hydrogen-bond acceptors (Lipinski definition) is 4. The maximum absolute atomic E-state index is 11.9. The van der Waals surface area contributed by atoms with Crippen molar-refractivity contribution < 1.29 is 4.79 Å². The van der Waals surface area contributed by atoms with Crippen molar-refractivity contribution in [3.05, 3.63) is 47.8 Å². The summed E-state index contributed by atoms with van der Waals surface area (Å²) in [5.41, 5.74) is 13.4. The van der Waals surface area contributed by atoms with Gasteiger partial charge in [-0.15, -0.1) is 24.8 Å². The summed E-state index contributed by atoms with van der Waals surface area (Å²) in [5, 5.41) is 2.85. The van der Waals surface area contributed by atoms with Gasteiger partial charge in [0.2, 0.25) is 5.91 Å². The third-order valence-corrected chi connectivity index (χ3v) is 3.21. The highest BCUT2D eigenvalue weighted by Crippen LogP contribution is 2.03. The summed E-state index contributed by atoms with van der Waals surface area (Å²) >= 11 is 0. The first kappa shape index (κ1) is 21.2. The van der Waals surface area contributed by atoms with Crippen LogP contribution in [0.25, 0.3) is 0 Å². The molecule has 1 amide bonds. The molecule has 0 saturated heterocycles. The van der Waals surface area contributed by atoms with E-state index in [1.165, 1.54) is 0 Å². The Morgan fingerprint density at radius 2 is 1.96 bits per heavy atom. The van der Waals surface area contributed by atoms with Gasteiger partial charge in [0.15, 0.2) is 5.95 Å². The number of nitrogen functional groups attached to an aromatic ring is 1. The van der Waals surface area contributed by atoms with Crippen LogP contribution in [0.4, 0.5) is 5.95 Å². The molecule has 0 saturated carbocycles. The fraction of sp³-hybridized carbons (Fsp3) is 0.333. The van der Waals surface area contributed by atoms with Crippen LogP contribution < -0.4 is 16.8 Å². The van der Waals surface area contributed by atoms with Crippen molar-refractivity contribution in [1.29, 1.82) is 0 Å². The molecule has 1 aromatic carbocycles. The molecule has 2 rings (SSSR count). The topological polar surface area (TPSA) is 110 Å². The molecule has 6 N–H and O–H groups in total. The summed E-state index contributed by atoms with van der Waals surface area (Å²) in [5.74, 6) is 0.293. The Bertz CT molecular complexity index is 576. The average molecular weight is 360 g/mol. The number of nitrogens with zero attached hydrogens (tertiary/aromatic N) is 1. The molecule has 6 nitrogen and oxygen atoms in total. The van der Waals surface area contributed by atoms with Crippen molar-refractivity contribution in [2.75, 3.05) is 12.3 Å². The fourth-order valence-corrected chi connectivity index (χ4v) is 2.09. The second-order valence-electron chi connectivity index (χ2n) is 4.98. The van der Waals surface area contributed by atoms with E-state index in [1.807, 2.05) is 30.3 Å². The number of benzene rings is 1. The second kappa shape index (κ2) is 10.9. The number of aryl methyl sites for hydroxylation is 1. The molecule has 1 atom stereocenters. The summed E-state index contributed by atoms with van der Waals surface area (Å²) in [6.45, 7) is 0.584. The van der Waals surface area contributed by atoms with E-state index < -0.39 is 6.04 Å². The maximum Gasteiger partial charge on any atom is 0.237 e. The third kappa shape index (κ3) is 7.36. The molecule has 128 valence electrons. The molecule has 0 aliphatic heterocycles. The van der Waals surface area contributed by atoms with Gasteiger partial charge < -0.3 is 21.8 Å². The number of rotatable bonds is 7. The van der Waals surface area contributed by atoms with Crippen LogP contribution in [0, 0.1) is 0 Å². The summed E-state index contributed by atoms with van der Waals surface area (Å²) in [7, 11) is 0. The molecule has 8 heteroatoms. The molecule has 0 radical (unpaired) electrons. The molecule has 0 bridgehead atoms. The van der Waals surface area contributed by atoms with E-state index in [4.69, 9.17) is 11.5 Å². The Balaban J connectivity index is 0.00000242. The van der Waals surface area contributed by atoms with Gasteiger partial charge in [0.1, 0.15) is 0 Å². The Labute approximate surface area is 148 Å². The van der Waals surface area contributed by atoms with Crippen LogP contribution >= 0.6 is 24.8 Å². The van der Waals surface area contributed by atoms with E-state index in [-0.39, 0.29) is 30.7 Å². The first-order valence-corrected chi connectivity index (χ1v) is 7.01. The van der Waals surface area contributed by atoms with Gasteiger partial charge in [0.05, 0.1) is 12.2 Å². The van der Waals surface area contributed by atoms with E-state index in [0.717, 1.165) is 24.1 Å². The van der Waals surface area contributed by atoms with Crippen molar-refractivity contribution in [1.82, 2.24) is 15.3 Å².